The van der Waals surface area contributed by atoms with Crippen LogP contribution in [0.1, 0.15) is 25.7 Å². The molecule has 2 rings (SSSR count). The third-order valence-electron chi connectivity index (χ3n) is 3.59. The maximum atomic E-state index is 2.52. The summed E-state index contributed by atoms with van der Waals surface area (Å²) in [5, 5.41) is 0. The van der Waals surface area contributed by atoms with Crippen molar-refractivity contribution >= 4 is 11.8 Å². The van der Waals surface area contributed by atoms with Gasteiger partial charge in [-0.2, -0.15) is 11.8 Å². The molecule has 2 saturated heterocycles. The number of thioether (sulfide) groups is 1. The molecule has 76 valence electrons. The Kier molecular flexibility index (Phi) is 3.56. The zero-order chi connectivity index (χ0) is 9.10. The third-order valence-corrected chi connectivity index (χ3v) is 4.64. The molecule has 2 aliphatic rings. The molecule has 1 nitrogen and oxygen atoms in total. The minimum absolute atomic E-state index is 1.03. The van der Waals surface area contributed by atoms with E-state index in [9.17, 15) is 0 Å². The Morgan fingerprint density at radius 1 is 1.08 bits per heavy atom. The highest BCUT2D eigenvalue weighted by molar-refractivity contribution is 7.99. The van der Waals surface area contributed by atoms with E-state index < -0.39 is 0 Å². The van der Waals surface area contributed by atoms with Crippen LogP contribution in [0.2, 0.25) is 0 Å². The van der Waals surface area contributed by atoms with Crippen molar-refractivity contribution in [2.75, 3.05) is 31.6 Å². The Balaban J connectivity index is 1.83. The maximum Gasteiger partial charge on any atom is 0.000927 e. The van der Waals surface area contributed by atoms with E-state index in [1.54, 1.807) is 0 Å². The molecule has 0 aromatic heterocycles. The molecule has 0 amide bonds. The molecule has 2 fully saturated rings. The summed E-state index contributed by atoms with van der Waals surface area (Å²) in [4.78, 5) is 2.52. The number of piperidine rings is 1. The lowest BCUT2D eigenvalue weighted by Gasteiger charge is -2.36. The van der Waals surface area contributed by atoms with E-state index in [-0.39, 0.29) is 0 Å². The van der Waals surface area contributed by atoms with E-state index in [1.165, 1.54) is 50.3 Å². The second-order valence-electron chi connectivity index (χ2n) is 4.61. The highest BCUT2D eigenvalue weighted by Gasteiger charge is 2.26. The van der Waals surface area contributed by atoms with Gasteiger partial charge in [-0.05, 0) is 62.6 Å². The van der Waals surface area contributed by atoms with Gasteiger partial charge in [0.25, 0.3) is 0 Å². The number of rotatable bonds is 1. The Morgan fingerprint density at radius 3 is 2.54 bits per heavy atom. The molecule has 1 atom stereocenters. The smallest absolute Gasteiger partial charge is 0.000927 e. The number of hydrogen-bond acceptors (Lipinski definition) is 2. The molecule has 0 aromatic rings. The van der Waals surface area contributed by atoms with E-state index >= 15 is 0 Å². The molecule has 0 aromatic carbocycles. The van der Waals surface area contributed by atoms with E-state index in [4.69, 9.17) is 0 Å². The van der Waals surface area contributed by atoms with Crippen molar-refractivity contribution in [3.05, 3.63) is 0 Å². The van der Waals surface area contributed by atoms with Gasteiger partial charge in [-0.15, -0.1) is 0 Å². The van der Waals surface area contributed by atoms with Crippen LogP contribution in [0.4, 0.5) is 0 Å². The summed E-state index contributed by atoms with van der Waals surface area (Å²) in [6.45, 7) is 2.70. The minimum Gasteiger partial charge on any atom is -0.306 e. The fourth-order valence-corrected chi connectivity index (χ4v) is 3.92. The number of hydrogen-bond donors (Lipinski definition) is 0. The average Bonchev–Trinajstić information content (AvgIpc) is 2.19. The van der Waals surface area contributed by atoms with Crippen LogP contribution >= 0.6 is 11.8 Å². The molecule has 0 aliphatic carbocycles. The first-order valence-electron chi connectivity index (χ1n) is 5.62. The van der Waals surface area contributed by atoms with Gasteiger partial charge in [-0.1, -0.05) is 0 Å². The van der Waals surface area contributed by atoms with Crippen molar-refractivity contribution in [2.24, 2.45) is 11.8 Å². The number of nitrogens with zero attached hydrogens (tertiary/aromatic N) is 1. The lowest BCUT2D eigenvalue weighted by atomic mass is 9.82. The van der Waals surface area contributed by atoms with Crippen LogP contribution in [-0.2, 0) is 0 Å². The quantitative estimate of drug-likeness (QED) is 0.638. The minimum atomic E-state index is 1.03. The lowest BCUT2D eigenvalue weighted by Crippen LogP contribution is -2.36. The van der Waals surface area contributed by atoms with Gasteiger partial charge in [0.05, 0.1) is 0 Å². The number of likely N-dealkylation sites (tertiary alicyclic amines) is 1. The normalized spacial score (nSPS) is 33.5. The Morgan fingerprint density at radius 2 is 1.85 bits per heavy atom. The monoisotopic (exact) mass is 199 g/mol. The third kappa shape index (κ3) is 2.63. The van der Waals surface area contributed by atoms with Crippen molar-refractivity contribution in [3.63, 3.8) is 0 Å². The fourth-order valence-electron chi connectivity index (χ4n) is 2.78. The van der Waals surface area contributed by atoms with Gasteiger partial charge in [-0.25, -0.2) is 0 Å². The molecule has 2 heterocycles. The Bertz CT molecular complexity index is 154. The molecular formula is C11H21NS. The topological polar surface area (TPSA) is 3.24 Å². The van der Waals surface area contributed by atoms with Crippen LogP contribution in [0.3, 0.4) is 0 Å². The van der Waals surface area contributed by atoms with E-state index in [1.807, 2.05) is 0 Å². The molecular weight excluding hydrogens is 178 g/mol. The second-order valence-corrected chi connectivity index (χ2v) is 5.84. The highest BCUT2D eigenvalue weighted by Crippen LogP contribution is 2.33. The van der Waals surface area contributed by atoms with Crippen molar-refractivity contribution < 1.29 is 0 Å². The summed E-state index contributed by atoms with van der Waals surface area (Å²) in [6.07, 6.45) is 5.91. The van der Waals surface area contributed by atoms with E-state index in [0.717, 1.165) is 11.8 Å². The summed E-state index contributed by atoms with van der Waals surface area (Å²) in [6, 6.07) is 0. The SMILES string of the molecule is CN1CCCC(C2CCSCC2)C1. The van der Waals surface area contributed by atoms with Crippen LogP contribution in [0.15, 0.2) is 0 Å². The predicted molar refractivity (Wildman–Crippen MR) is 60.3 cm³/mol. The first-order chi connectivity index (χ1) is 6.36. The highest BCUT2D eigenvalue weighted by atomic mass is 32.2. The second kappa shape index (κ2) is 4.70. The molecule has 0 N–H and O–H groups in total. The first-order valence-corrected chi connectivity index (χ1v) is 6.78. The Labute approximate surface area is 86.3 Å². The zero-order valence-corrected chi connectivity index (χ0v) is 9.48. The van der Waals surface area contributed by atoms with Gasteiger partial charge < -0.3 is 4.90 Å². The summed E-state index contributed by atoms with van der Waals surface area (Å²) >= 11 is 2.15. The van der Waals surface area contributed by atoms with Gasteiger partial charge in [0.15, 0.2) is 0 Å². The van der Waals surface area contributed by atoms with Crippen LogP contribution < -0.4 is 0 Å². The average molecular weight is 199 g/mol. The van der Waals surface area contributed by atoms with Crippen LogP contribution in [0.5, 0.6) is 0 Å². The molecule has 0 saturated carbocycles. The van der Waals surface area contributed by atoms with Crippen molar-refractivity contribution in [1.82, 2.24) is 4.90 Å². The van der Waals surface area contributed by atoms with Crippen molar-refractivity contribution in [1.29, 1.82) is 0 Å². The largest absolute Gasteiger partial charge is 0.306 e. The van der Waals surface area contributed by atoms with Gasteiger partial charge in [0.1, 0.15) is 0 Å². The predicted octanol–water partition coefficient (Wildman–Crippen LogP) is 2.47. The molecule has 2 aliphatic heterocycles. The molecule has 13 heavy (non-hydrogen) atoms. The van der Waals surface area contributed by atoms with Crippen molar-refractivity contribution in [2.45, 2.75) is 25.7 Å². The fraction of sp³-hybridized carbons (Fsp3) is 1.00. The summed E-state index contributed by atoms with van der Waals surface area (Å²) < 4.78 is 0. The van der Waals surface area contributed by atoms with Gasteiger partial charge in [0.2, 0.25) is 0 Å². The van der Waals surface area contributed by atoms with Gasteiger partial charge >= 0.3 is 0 Å². The molecule has 0 spiro atoms. The van der Waals surface area contributed by atoms with Crippen LogP contribution in [-0.4, -0.2) is 36.5 Å². The lowest BCUT2D eigenvalue weighted by molar-refractivity contribution is 0.153. The summed E-state index contributed by atoms with van der Waals surface area (Å²) in [7, 11) is 2.28. The molecule has 0 radical (unpaired) electrons. The van der Waals surface area contributed by atoms with Crippen LogP contribution in [0, 0.1) is 11.8 Å². The first kappa shape index (κ1) is 9.85. The summed E-state index contributed by atoms with van der Waals surface area (Å²) in [5.74, 6) is 4.93. The zero-order valence-electron chi connectivity index (χ0n) is 8.67. The Hall–Kier alpha value is 0.310. The molecule has 0 bridgehead atoms. The van der Waals surface area contributed by atoms with Gasteiger partial charge in [-0.3, -0.25) is 0 Å². The van der Waals surface area contributed by atoms with E-state index in [2.05, 4.69) is 23.7 Å². The molecule has 2 heteroatoms. The maximum absolute atomic E-state index is 2.52. The standard InChI is InChI=1S/C11H21NS/c1-12-6-2-3-11(9-12)10-4-7-13-8-5-10/h10-11H,2-9H2,1H3. The summed E-state index contributed by atoms with van der Waals surface area (Å²) in [5.41, 5.74) is 0. The van der Waals surface area contributed by atoms with Gasteiger partial charge in [0, 0.05) is 6.54 Å². The molecule has 1 unspecified atom stereocenters. The van der Waals surface area contributed by atoms with Crippen molar-refractivity contribution in [3.8, 4) is 0 Å². The van der Waals surface area contributed by atoms with E-state index in [0.29, 0.717) is 0 Å². The van der Waals surface area contributed by atoms with Crippen LogP contribution in [0.25, 0.3) is 0 Å².